The SMILES string of the molecule is CC(C1CC1)N(Cc1ccccc1)C(=O)CCn1cnc2ccccc2c1=O. The Kier molecular flexibility index (Phi) is 5.24. The topological polar surface area (TPSA) is 55.2 Å². The summed E-state index contributed by atoms with van der Waals surface area (Å²) in [6, 6.07) is 17.6. The van der Waals surface area contributed by atoms with E-state index in [1.165, 1.54) is 12.8 Å². The molecule has 3 aromatic rings. The van der Waals surface area contributed by atoms with Crippen LogP contribution in [0.15, 0.2) is 65.7 Å². The third kappa shape index (κ3) is 3.98. The highest BCUT2D eigenvalue weighted by molar-refractivity contribution is 5.78. The van der Waals surface area contributed by atoms with Crippen LogP contribution in [0.5, 0.6) is 0 Å². The van der Waals surface area contributed by atoms with Crippen molar-refractivity contribution < 1.29 is 4.79 Å². The molecule has 4 rings (SSSR count). The second-order valence-corrected chi connectivity index (χ2v) is 7.60. The van der Waals surface area contributed by atoms with Crippen LogP contribution in [0.1, 0.15) is 31.7 Å². The molecule has 1 amide bonds. The second kappa shape index (κ2) is 7.97. The van der Waals surface area contributed by atoms with E-state index < -0.39 is 0 Å². The number of amides is 1. The lowest BCUT2D eigenvalue weighted by atomic mass is 10.1. The number of aromatic nitrogens is 2. The summed E-state index contributed by atoms with van der Waals surface area (Å²) in [7, 11) is 0. The van der Waals surface area contributed by atoms with Crippen LogP contribution in [-0.2, 0) is 17.9 Å². The minimum absolute atomic E-state index is 0.0864. The molecule has 2 aromatic carbocycles. The molecule has 1 unspecified atom stereocenters. The highest BCUT2D eigenvalue weighted by atomic mass is 16.2. The molecule has 1 heterocycles. The number of carbonyl (C=O) groups is 1. The number of carbonyl (C=O) groups excluding carboxylic acids is 1. The van der Waals surface area contributed by atoms with Gasteiger partial charge in [0.05, 0.1) is 17.2 Å². The zero-order valence-electron chi connectivity index (χ0n) is 16.1. The Morgan fingerprint density at radius 3 is 2.61 bits per heavy atom. The fourth-order valence-electron chi connectivity index (χ4n) is 3.70. The standard InChI is InChI=1S/C23H25N3O2/c1-17(19-11-12-19)26(15-18-7-3-2-4-8-18)22(27)13-14-25-16-24-21-10-6-5-9-20(21)23(25)28/h2-10,16-17,19H,11-15H2,1H3. The summed E-state index contributed by atoms with van der Waals surface area (Å²) < 4.78 is 1.54. The first kappa shape index (κ1) is 18.4. The Hall–Kier alpha value is -2.95. The van der Waals surface area contributed by atoms with Gasteiger partial charge in [0, 0.05) is 25.6 Å². The van der Waals surface area contributed by atoms with E-state index in [1.54, 1.807) is 17.0 Å². The van der Waals surface area contributed by atoms with Gasteiger partial charge < -0.3 is 4.90 Å². The maximum atomic E-state index is 13.1. The van der Waals surface area contributed by atoms with Gasteiger partial charge in [-0.3, -0.25) is 14.2 Å². The summed E-state index contributed by atoms with van der Waals surface area (Å²) in [4.78, 5) is 32.0. The van der Waals surface area contributed by atoms with Crippen molar-refractivity contribution in [3.05, 3.63) is 76.8 Å². The normalized spacial score (nSPS) is 14.8. The molecule has 5 heteroatoms. The van der Waals surface area contributed by atoms with E-state index in [-0.39, 0.29) is 17.5 Å². The highest BCUT2D eigenvalue weighted by Gasteiger charge is 2.34. The van der Waals surface area contributed by atoms with E-state index in [0.717, 1.165) is 5.56 Å². The molecule has 1 aliphatic carbocycles. The zero-order valence-corrected chi connectivity index (χ0v) is 16.1. The van der Waals surface area contributed by atoms with Crippen molar-refractivity contribution in [2.45, 2.75) is 45.3 Å². The fourth-order valence-corrected chi connectivity index (χ4v) is 3.70. The van der Waals surface area contributed by atoms with Crippen LogP contribution in [0.2, 0.25) is 0 Å². The van der Waals surface area contributed by atoms with Gasteiger partial charge in [-0.1, -0.05) is 42.5 Å². The van der Waals surface area contributed by atoms with E-state index in [4.69, 9.17) is 0 Å². The van der Waals surface area contributed by atoms with Crippen LogP contribution in [-0.4, -0.2) is 26.4 Å². The summed E-state index contributed by atoms with van der Waals surface area (Å²) in [6.07, 6.45) is 4.22. The maximum Gasteiger partial charge on any atom is 0.261 e. The largest absolute Gasteiger partial charge is 0.335 e. The molecule has 5 nitrogen and oxygen atoms in total. The van der Waals surface area contributed by atoms with Crippen molar-refractivity contribution in [3.63, 3.8) is 0 Å². The summed E-state index contributed by atoms with van der Waals surface area (Å²) in [5.41, 5.74) is 1.72. The molecule has 1 atom stereocenters. The number of fused-ring (bicyclic) bond motifs is 1. The van der Waals surface area contributed by atoms with Gasteiger partial charge in [0.1, 0.15) is 0 Å². The number of nitrogens with zero attached hydrogens (tertiary/aromatic N) is 3. The molecule has 0 radical (unpaired) electrons. The lowest BCUT2D eigenvalue weighted by Crippen LogP contribution is -2.40. The molecule has 0 spiro atoms. The highest BCUT2D eigenvalue weighted by Crippen LogP contribution is 2.36. The van der Waals surface area contributed by atoms with Crippen LogP contribution in [0, 0.1) is 5.92 Å². The van der Waals surface area contributed by atoms with Crippen LogP contribution in [0.3, 0.4) is 0 Å². The Morgan fingerprint density at radius 2 is 1.86 bits per heavy atom. The molecule has 1 fully saturated rings. The first-order chi connectivity index (χ1) is 13.6. The minimum Gasteiger partial charge on any atom is -0.335 e. The molecule has 144 valence electrons. The second-order valence-electron chi connectivity index (χ2n) is 7.60. The molecular formula is C23H25N3O2. The number of benzene rings is 2. The molecule has 1 aliphatic rings. The Balaban J connectivity index is 1.50. The predicted octanol–water partition coefficient (Wildman–Crippen LogP) is 3.61. The van der Waals surface area contributed by atoms with Crippen molar-refractivity contribution in [2.75, 3.05) is 0 Å². The van der Waals surface area contributed by atoms with Crippen LogP contribution in [0.25, 0.3) is 10.9 Å². The first-order valence-electron chi connectivity index (χ1n) is 9.91. The van der Waals surface area contributed by atoms with Crippen molar-refractivity contribution in [1.82, 2.24) is 14.5 Å². The smallest absolute Gasteiger partial charge is 0.261 e. The fraction of sp³-hybridized carbons (Fsp3) is 0.348. The summed E-state index contributed by atoms with van der Waals surface area (Å²) >= 11 is 0. The van der Waals surface area contributed by atoms with Gasteiger partial charge >= 0.3 is 0 Å². The van der Waals surface area contributed by atoms with Gasteiger partial charge in [-0.05, 0) is 43.4 Å². The number of hydrogen-bond donors (Lipinski definition) is 0. The summed E-state index contributed by atoms with van der Waals surface area (Å²) in [6.45, 7) is 3.10. The van der Waals surface area contributed by atoms with Gasteiger partial charge in [-0.25, -0.2) is 4.98 Å². The minimum atomic E-state index is -0.0942. The third-order valence-corrected chi connectivity index (χ3v) is 5.61. The molecule has 0 bridgehead atoms. The summed E-state index contributed by atoms with van der Waals surface area (Å²) in [5, 5.41) is 0.588. The predicted molar refractivity (Wildman–Crippen MR) is 110 cm³/mol. The average Bonchev–Trinajstić information content (AvgIpc) is 3.57. The third-order valence-electron chi connectivity index (χ3n) is 5.61. The van der Waals surface area contributed by atoms with Gasteiger partial charge in [-0.15, -0.1) is 0 Å². The molecule has 1 aromatic heterocycles. The molecule has 0 aliphatic heterocycles. The first-order valence-corrected chi connectivity index (χ1v) is 9.91. The molecule has 1 saturated carbocycles. The van der Waals surface area contributed by atoms with Gasteiger partial charge in [0.2, 0.25) is 5.91 Å². The van der Waals surface area contributed by atoms with E-state index in [1.807, 2.05) is 41.3 Å². The Labute approximate surface area is 164 Å². The van der Waals surface area contributed by atoms with E-state index in [0.29, 0.717) is 36.3 Å². The lowest BCUT2D eigenvalue weighted by molar-refractivity contribution is -0.134. The van der Waals surface area contributed by atoms with Gasteiger partial charge in [-0.2, -0.15) is 0 Å². The Morgan fingerprint density at radius 1 is 1.14 bits per heavy atom. The lowest BCUT2D eigenvalue weighted by Gasteiger charge is -2.30. The van der Waals surface area contributed by atoms with Crippen molar-refractivity contribution in [2.24, 2.45) is 5.92 Å². The quantitative estimate of drug-likeness (QED) is 0.634. The van der Waals surface area contributed by atoms with Gasteiger partial charge in [0.15, 0.2) is 0 Å². The van der Waals surface area contributed by atoms with Crippen LogP contribution < -0.4 is 5.56 Å². The molecule has 0 N–H and O–H groups in total. The van der Waals surface area contributed by atoms with Gasteiger partial charge in [0.25, 0.3) is 5.56 Å². The van der Waals surface area contributed by atoms with Crippen LogP contribution >= 0.6 is 0 Å². The number of para-hydroxylation sites is 1. The number of rotatable bonds is 7. The van der Waals surface area contributed by atoms with Crippen molar-refractivity contribution in [3.8, 4) is 0 Å². The van der Waals surface area contributed by atoms with E-state index in [9.17, 15) is 9.59 Å². The molecule has 0 saturated heterocycles. The Bertz CT molecular complexity index is 1020. The number of aryl methyl sites for hydroxylation is 1. The van der Waals surface area contributed by atoms with Crippen molar-refractivity contribution >= 4 is 16.8 Å². The monoisotopic (exact) mass is 375 g/mol. The van der Waals surface area contributed by atoms with E-state index >= 15 is 0 Å². The van der Waals surface area contributed by atoms with Crippen LogP contribution in [0.4, 0.5) is 0 Å². The summed E-state index contributed by atoms with van der Waals surface area (Å²) in [5.74, 6) is 0.682. The molecule has 28 heavy (non-hydrogen) atoms. The van der Waals surface area contributed by atoms with Crippen molar-refractivity contribution in [1.29, 1.82) is 0 Å². The maximum absolute atomic E-state index is 13.1. The average molecular weight is 375 g/mol. The van der Waals surface area contributed by atoms with E-state index in [2.05, 4.69) is 24.0 Å². The zero-order chi connectivity index (χ0) is 19.5. The number of hydrogen-bond acceptors (Lipinski definition) is 3. The molecular weight excluding hydrogens is 350 g/mol.